The van der Waals surface area contributed by atoms with E-state index in [0.717, 1.165) is 11.3 Å². The summed E-state index contributed by atoms with van der Waals surface area (Å²) in [4.78, 5) is 23.8. The maximum atomic E-state index is 12.3. The van der Waals surface area contributed by atoms with Crippen LogP contribution < -0.4 is 10.1 Å². The number of benzene rings is 1. The molecule has 2 rings (SSSR count). The van der Waals surface area contributed by atoms with Crippen molar-refractivity contribution >= 4 is 28.9 Å². The molecule has 1 heterocycles. The Bertz CT molecular complexity index is 721. The molecule has 0 aliphatic rings. The van der Waals surface area contributed by atoms with E-state index in [1.807, 2.05) is 6.92 Å². The summed E-state index contributed by atoms with van der Waals surface area (Å²) in [5.74, 6) is -1.10. The first kappa shape index (κ1) is 16.8. The van der Waals surface area contributed by atoms with Crippen molar-refractivity contribution in [3.05, 3.63) is 39.6 Å². The molecule has 0 unspecified atom stereocenters. The minimum atomic E-state index is -1.06. The van der Waals surface area contributed by atoms with Crippen molar-refractivity contribution in [2.45, 2.75) is 20.3 Å². The van der Waals surface area contributed by atoms with Gasteiger partial charge in [-0.05, 0) is 38.1 Å². The van der Waals surface area contributed by atoms with Crippen LogP contribution in [0.25, 0.3) is 0 Å². The first-order valence-corrected chi connectivity index (χ1v) is 7.81. The quantitative estimate of drug-likeness (QED) is 0.754. The molecule has 1 amide bonds. The SMILES string of the molecule is CCOc1ccc(NC(=O)c2sc(C)c(CC(=O)O)c2O)cc1. The van der Waals surface area contributed by atoms with Crippen LogP contribution in [0.5, 0.6) is 11.5 Å². The van der Waals surface area contributed by atoms with Gasteiger partial charge in [-0.2, -0.15) is 0 Å². The number of carbonyl (C=O) groups is 2. The molecule has 0 aliphatic heterocycles. The minimum absolute atomic E-state index is 0.104. The molecule has 0 spiro atoms. The summed E-state index contributed by atoms with van der Waals surface area (Å²) in [5.41, 5.74) is 0.836. The third-order valence-corrected chi connectivity index (χ3v) is 4.27. The number of hydrogen-bond acceptors (Lipinski definition) is 5. The number of thiophene rings is 1. The molecule has 0 bridgehead atoms. The van der Waals surface area contributed by atoms with Gasteiger partial charge < -0.3 is 20.3 Å². The number of ether oxygens (including phenoxy) is 1. The molecule has 0 aliphatic carbocycles. The monoisotopic (exact) mass is 335 g/mol. The second-order valence-electron chi connectivity index (χ2n) is 4.80. The van der Waals surface area contributed by atoms with E-state index in [0.29, 0.717) is 22.9 Å². The van der Waals surface area contributed by atoms with Gasteiger partial charge in [-0.1, -0.05) is 0 Å². The Morgan fingerprint density at radius 2 is 1.91 bits per heavy atom. The minimum Gasteiger partial charge on any atom is -0.506 e. The van der Waals surface area contributed by atoms with E-state index in [9.17, 15) is 14.7 Å². The number of nitrogens with one attached hydrogen (secondary N) is 1. The average Bonchev–Trinajstić information content (AvgIpc) is 2.77. The number of aryl methyl sites for hydroxylation is 1. The summed E-state index contributed by atoms with van der Waals surface area (Å²) >= 11 is 1.07. The van der Waals surface area contributed by atoms with Crippen molar-refractivity contribution in [1.29, 1.82) is 0 Å². The lowest BCUT2D eigenvalue weighted by Crippen LogP contribution is -2.10. The summed E-state index contributed by atoms with van der Waals surface area (Å²) in [6.45, 7) is 4.11. The van der Waals surface area contributed by atoms with Gasteiger partial charge in [0.1, 0.15) is 16.4 Å². The molecule has 0 radical (unpaired) electrons. The molecule has 7 heteroatoms. The van der Waals surface area contributed by atoms with Crippen molar-refractivity contribution in [3.63, 3.8) is 0 Å². The van der Waals surface area contributed by atoms with Gasteiger partial charge in [0.15, 0.2) is 0 Å². The molecule has 122 valence electrons. The van der Waals surface area contributed by atoms with Gasteiger partial charge in [-0.25, -0.2) is 0 Å². The molecule has 3 N–H and O–H groups in total. The van der Waals surface area contributed by atoms with E-state index in [1.54, 1.807) is 31.2 Å². The van der Waals surface area contributed by atoms with Crippen molar-refractivity contribution in [1.82, 2.24) is 0 Å². The highest BCUT2D eigenvalue weighted by Crippen LogP contribution is 2.35. The lowest BCUT2D eigenvalue weighted by Gasteiger charge is -2.06. The zero-order chi connectivity index (χ0) is 17.0. The van der Waals surface area contributed by atoms with E-state index < -0.39 is 11.9 Å². The number of anilines is 1. The smallest absolute Gasteiger partial charge is 0.308 e. The number of aromatic hydroxyl groups is 1. The summed E-state index contributed by atoms with van der Waals surface area (Å²) in [6, 6.07) is 6.85. The molecular formula is C16H17NO5S. The molecule has 0 fully saturated rings. The van der Waals surface area contributed by atoms with Gasteiger partial charge in [0.05, 0.1) is 13.0 Å². The van der Waals surface area contributed by atoms with E-state index in [1.165, 1.54) is 0 Å². The van der Waals surface area contributed by atoms with Gasteiger partial charge in [0.25, 0.3) is 5.91 Å². The first-order valence-electron chi connectivity index (χ1n) is 6.99. The molecule has 23 heavy (non-hydrogen) atoms. The average molecular weight is 335 g/mol. The summed E-state index contributed by atoms with van der Waals surface area (Å²) < 4.78 is 5.32. The highest BCUT2D eigenvalue weighted by atomic mass is 32.1. The van der Waals surface area contributed by atoms with E-state index in [-0.39, 0.29) is 22.6 Å². The summed E-state index contributed by atoms with van der Waals surface area (Å²) in [5, 5.41) is 21.6. The molecule has 1 aromatic carbocycles. The van der Waals surface area contributed by atoms with Gasteiger partial charge in [0.2, 0.25) is 0 Å². The number of rotatable bonds is 6. The molecular weight excluding hydrogens is 318 g/mol. The number of amides is 1. The molecule has 0 atom stereocenters. The Morgan fingerprint density at radius 3 is 2.48 bits per heavy atom. The highest BCUT2D eigenvalue weighted by Gasteiger charge is 2.22. The van der Waals surface area contributed by atoms with Gasteiger partial charge in [0, 0.05) is 16.1 Å². The van der Waals surface area contributed by atoms with Gasteiger partial charge in [-0.3, -0.25) is 9.59 Å². The molecule has 0 saturated carbocycles. The Balaban J connectivity index is 2.16. The van der Waals surface area contributed by atoms with E-state index in [4.69, 9.17) is 9.84 Å². The Morgan fingerprint density at radius 1 is 1.26 bits per heavy atom. The predicted molar refractivity (Wildman–Crippen MR) is 87.6 cm³/mol. The van der Waals surface area contributed by atoms with E-state index in [2.05, 4.69) is 5.32 Å². The standard InChI is InChI=1S/C16H17NO5S/c1-3-22-11-6-4-10(5-7-11)17-16(21)15-14(20)12(8-13(18)19)9(2)23-15/h4-7,20H,3,8H2,1-2H3,(H,17,21)(H,18,19). The third-order valence-electron chi connectivity index (χ3n) is 3.14. The van der Waals surface area contributed by atoms with Crippen LogP contribution in [-0.4, -0.2) is 28.7 Å². The van der Waals surface area contributed by atoms with Crippen LogP contribution in [0.1, 0.15) is 27.0 Å². The van der Waals surface area contributed by atoms with Crippen molar-refractivity contribution in [3.8, 4) is 11.5 Å². The lowest BCUT2D eigenvalue weighted by atomic mass is 10.1. The Kier molecular flexibility index (Phi) is 5.23. The zero-order valence-corrected chi connectivity index (χ0v) is 13.6. The van der Waals surface area contributed by atoms with Crippen LogP contribution in [0.4, 0.5) is 5.69 Å². The maximum absolute atomic E-state index is 12.3. The largest absolute Gasteiger partial charge is 0.506 e. The second-order valence-corrected chi connectivity index (χ2v) is 6.02. The normalized spacial score (nSPS) is 10.3. The summed E-state index contributed by atoms with van der Waals surface area (Å²) in [7, 11) is 0. The molecule has 1 aromatic heterocycles. The summed E-state index contributed by atoms with van der Waals surface area (Å²) in [6.07, 6.45) is -0.315. The van der Waals surface area contributed by atoms with Gasteiger partial charge >= 0.3 is 5.97 Å². The van der Waals surface area contributed by atoms with Crippen molar-refractivity contribution < 1.29 is 24.5 Å². The van der Waals surface area contributed by atoms with Crippen molar-refractivity contribution in [2.75, 3.05) is 11.9 Å². The fourth-order valence-corrected chi connectivity index (χ4v) is 3.03. The van der Waals surface area contributed by atoms with Crippen LogP contribution in [0.3, 0.4) is 0 Å². The fraction of sp³-hybridized carbons (Fsp3) is 0.250. The first-order chi connectivity index (χ1) is 10.9. The number of hydrogen-bond donors (Lipinski definition) is 3. The van der Waals surface area contributed by atoms with E-state index >= 15 is 0 Å². The maximum Gasteiger partial charge on any atom is 0.308 e. The lowest BCUT2D eigenvalue weighted by molar-refractivity contribution is -0.136. The third kappa shape index (κ3) is 4.01. The van der Waals surface area contributed by atoms with Crippen LogP contribution in [-0.2, 0) is 11.2 Å². The van der Waals surface area contributed by atoms with Crippen LogP contribution >= 0.6 is 11.3 Å². The predicted octanol–water partition coefficient (Wildman–Crippen LogP) is 3.04. The Labute approximate surface area is 137 Å². The number of carboxylic acids is 1. The van der Waals surface area contributed by atoms with Crippen LogP contribution in [0.2, 0.25) is 0 Å². The topological polar surface area (TPSA) is 95.9 Å². The number of carbonyl (C=O) groups excluding carboxylic acids is 1. The number of aliphatic carboxylic acids is 1. The molecule has 0 saturated heterocycles. The van der Waals surface area contributed by atoms with Crippen molar-refractivity contribution in [2.24, 2.45) is 0 Å². The second kappa shape index (κ2) is 7.15. The Hall–Kier alpha value is -2.54. The molecule has 6 nitrogen and oxygen atoms in total. The highest BCUT2D eigenvalue weighted by molar-refractivity contribution is 7.14. The number of carboxylic acid groups (broad SMARTS) is 1. The van der Waals surface area contributed by atoms with Crippen LogP contribution in [0.15, 0.2) is 24.3 Å². The zero-order valence-electron chi connectivity index (χ0n) is 12.8. The fourth-order valence-electron chi connectivity index (χ4n) is 2.07. The van der Waals surface area contributed by atoms with Gasteiger partial charge in [-0.15, -0.1) is 11.3 Å². The van der Waals surface area contributed by atoms with Crippen LogP contribution in [0, 0.1) is 6.92 Å². The molecule has 2 aromatic rings.